The first-order valence-corrected chi connectivity index (χ1v) is 6.70. The van der Waals surface area contributed by atoms with Crippen LogP contribution in [-0.4, -0.2) is 18.1 Å². The monoisotopic (exact) mass is 235 g/mol. The van der Waals surface area contributed by atoms with Gasteiger partial charge < -0.3 is 10.6 Å². The van der Waals surface area contributed by atoms with Crippen LogP contribution >= 0.6 is 0 Å². The zero-order chi connectivity index (χ0) is 12.5. The van der Waals surface area contributed by atoms with Gasteiger partial charge in [-0.1, -0.05) is 33.1 Å². The maximum Gasteiger partial charge on any atom is 0.127 e. The van der Waals surface area contributed by atoms with E-state index in [-0.39, 0.29) is 0 Å². The SMILES string of the molecule is CCCCC(CCC)Nc1ccnc(NC)c1. The van der Waals surface area contributed by atoms with Gasteiger partial charge in [0.25, 0.3) is 0 Å². The maximum absolute atomic E-state index is 4.22. The van der Waals surface area contributed by atoms with E-state index in [2.05, 4.69) is 35.5 Å². The molecule has 3 nitrogen and oxygen atoms in total. The number of unbranched alkanes of at least 4 members (excludes halogenated alkanes) is 1. The Morgan fingerprint density at radius 2 is 2.06 bits per heavy atom. The Hall–Kier alpha value is -1.25. The van der Waals surface area contributed by atoms with Crippen LogP contribution in [0.3, 0.4) is 0 Å². The molecule has 0 bridgehead atoms. The van der Waals surface area contributed by atoms with Crippen molar-refractivity contribution in [2.24, 2.45) is 0 Å². The summed E-state index contributed by atoms with van der Waals surface area (Å²) in [5.74, 6) is 0.917. The van der Waals surface area contributed by atoms with Crippen molar-refractivity contribution in [3.63, 3.8) is 0 Å². The van der Waals surface area contributed by atoms with Crippen molar-refractivity contribution in [3.05, 3.63) is 18.3 Å². The van der Waals surface area contributed by atoms with E-state index < -0.39 is 0 Å². The molecule has 1 unspecified atom stereocenters. The van der Waals surface area contributed by atoms with Crippen molar-refractivity contribution in [2.75, 3.05) is 17.7 Å². The average molecular weight is 235 g/mol. The first-order chi connectivity index (χ1) is 8.30. The van der Waals surface area contributed by atoms with E-state index in [0.717, 1.165) is 5.82 Å². The van der Waals surface area contributed by atoms with Crippen LogP contribution in [0.1, 0.15) is 46.0 Å². The van der Waals surface area contributed by atoms with Crippen LogP contribution in [0, 0.1) is 0 Å². The van der Waals surface area contributed by atoms with E-state index in [9.17, 15) is 0 Å². The highest BCUT2D eigenvalue weighted by atomic mass is 15.0. The summed E-state index contributed by atoms with van der Waals surface area (Å²) in [6.45, 7) is 4.49. The third-order valence-electron chi connectivity index (χ3n) is 2.93. The van der Waals surface area contributed by atoms with E-state index in [1.807, 2.05) is 19.3 Å². The first kappa shape index (κ1) is 13.8. The first-order valence-electron chi connectivity index (χ1n) is 6.70. The lowest BCUT2D eigenvalue weighted by Crippen LogP contribution is -2.19. The highest BCUT2D eigenvalue weighted by Gasteiger charge is 2.07. The number of anilines is 2. The normalized spacial score (nSPS) is 12.2. The van der Waals surface area contributed by atoms with Gasteiger partial charge in [0.1, 0.15) is 5.82 Å². The molecule has 17 heavy (non-hydrogen) atoms. The Kier molecular flexibility index (Phi) is 6.45. The van der Waals surface area contributed by atoms with E-state index in [1.54, 1.807) is 0 Å². The molecule has 1 aromatic heterocycles. The molecular weight excluding hydrogens is 210 g/mol. The second-order valence-electron chi connectivity index (χ2n) is 4.45. The molecule has 0 aliphatic rings. The lowest BCUT2D eigenvalue weighted by Gasteiger charge is -2.19. The number of nitrogens with zero attached hydrogens (tertiary/aromatic N) is 1. The summed E-state index contributed by atoms with van der Waals surface area (Å²) in [5, 5.41) is 6.67. The summed E-state index contributed by atoms with van der Waals surface area (Å²) in [6.07, 6.45) is 8.11. The number of rotatable bonds is 8. The van der Waals surface area contributed by atoms with Crippen molar-refractivity contribution < 1.29 is 0 Å². The molecule has 2 N–H and O–H groups in total. The molecule has 0 radical (unpaired) electrons. The third kappa shape index (κ3) is 5.07. The van der Waals surface area contributed by atoms with E-state index in [0.29, 0.717) is 6.04 Å². The van der Waals surface area contributed by atoms with Crippen LogP contribution in [0.4, 0.5) is 11.5 Å². The Morgan fingerprint density at radius 3 is 2.71 bits per heavy atom. The summed E-state index contributed by atoms with van der Waals surface area (Å²) in [5.41, 5.74) is 1.17. The van der Waals surface area contributed by atoms with E-state index in [1.165, 1.54) is 37.8 Å². The van der Waals surface area contributed by atoms with Crippen LogP contribution in [-0.2, 0) is 0 Å². The lowest BCUT2D eigenvalue weighted by molar-refractivity contribution is 0.564. The molecule has 1 heterocycles. The van der Waals surface area contributed by atoms with Gasteiger partial charge in [0, 0.05) is 31.0 Å². The highest BCUT2D eigenvalue weighted by molar-refractivity contribution is 5.52. The number of aromatic nitrogens is 1. The van der Waals surface area contributed by atoms with Gasteiger partial charge in [0.15, 0.2) is 0 Å². The fourth-order valence-electron chi connectivity index (χ4n) is 1.98. The van der Waals surface area contributed by atoms with Gasteiger partial charge in [0.05, 0.1) is 0 Å². The van der Waals surface area contributed by atoms with Crippen LogP contribution in [0.2, 0.25) is 0 Å². The van der Waals surface area contributed by atoms with Gasteiger partial charge in [0.2, 0.25) is 0 Å². The predicted molar refractivity (Wildman–Crippen MR) is 75.6 cm³/mol. The molecule has 0 aliphatic heterocycles. The minimum atomic E-state index is 0.590. The summed E-state index contributed by atoms with van der Waals surface area (Å²) in [4.78, 5) is 4.22. The smallest absolute Gasteiger partial charge is 0.127 e. The average Bonchev–Trinajstić information content (AvgIpc) is 2.36. The number of pyridine rings is 1. The largest absolute Gasteiger partial charge is 0.382 e. The molecule has 1 aromatic rings. The molecule has 0 aliphatic carbocycles. The lowest BCUT2D eigenvalue weighted by atomic mass is 10.0. The van der Waals surface area contributed by atoms with Gasteiger partial charge in [-0.2, -0.15) is 0 Å². The van der Waals surface area contributed by atoms with Crippen molar-refractivity contribution in [1.29, 1.82) is 0 Å². The maximum atomic E-state index is 4.22. The molecule has 0 spiro atoms. The van der Waals surface area contributed by atoms with Crippen LogP contribution in [0.5, 0.6) is 0 Å². The minimum absolute atomic E-state index is 0.590. The van der Waals surface area contributed by atoms with Gasteiger partial charge in [-0.25, -0.2) is 4.98 Å². The zero-order valence-corrected chi connectivity index (χ0v) is 11.3. The van der Waals surface area contributed by atoms with Gasteiger partial charge in [-0.3, -0.25) is 0 Å². The molecule has 3 heteroatoms. The molecule has 0 saturated heterocycles. The van der Waals surface area contributed by atoms with Crippen LogP contribution in [0.15, 0.2) is 18.3 Å². The topological polar surface area (TPSA) is 37.0 Å². The quantitative estimate of drug-likeness (QED) is 0.717. The molecule has 1 rings (SSSR count). The Balaban J connectivity index is 2.57. The third-order valence-corrected chi connectivity index (χ3v) is 2.93. The Bertz CT molecular complexity index is 312. The van der Waals surface area contributed by atoms with Crippen molar-refractivity contribution in [2.45, 2.75) is 52.0 Å². The van der Waals surface area contributed by atoms with E-state index in [4.69, 9.17) is 0 Å². The molecule has 0 saturated carbocycles. The van der Waals surface area contributed by atoms with Gasteiger partial charge >= 0.3 is 0 Å². The standard InChI is InChI=1S/C14H25N3/c1-4-6-8-12(7-5-2)17-13-9-10-16-14(11-13)15-3/h9-12H,4-8H2,1-3H3,(H2,15,16,17). The van der Waals surface area contributed by atoms with Gasteiger partial charge in [-0.15, -0.1) is 0 Å². The molecule has 96 valence electrons. The second-order valence-corrected chi connectivity index (χ2v) is 4.45. The molecule has 0 fully saturated rings. The minimum Gasteiger partial charge on any atom is -0.382 e. The second kappa shape index (κ2) is 7.93. The fraction of sp³-hybridized carbons (Fsp3) is 0.643. The van der Waals surface area contributed by atoms with Crippen molar-refractivity contribution in [1.82, 2.24) is 4.98 Å². The van der Waals surface area contributed by atoms with Crippen molar-refractivity contribution in [3.8, 4) is 0 Å². The Labute approximate surface area is 105 Å². The summed E-state index contributed by atoms with van der Waals surface area (Å²) >= 11 is 0. The highest BCUT2D eigenvalue weighted by Crippen LogP contribution is 2.17. The molecule has 1 atom stereocenters. The number of nitrogens with one attached hydrogen (secondary N) is 2. The molecule has 0 aromatic carbocycles. The fourth-order valence-corrected chi connectivity index (χ4v) is 1.98. The van der Waals surface area contributed by atoms with Crippen molar-refractivity contribution >= 4 is 11.5 Å². The van der Waals surface area contributed by atoms with Crippen LogP contribution < -0.4 is 10.6 Å². The molecular formula is C14H25N3. The number of hydrogen-bond acceptors (Lipinski definition) is 3. The summed E-state index contributed by atoms with van der Waals surface area (Å²) in [7, 11) is 1.90. The van der Waals surface area contributed by atoms with Crippen LogP contribution in [0.25, 0.3) is 0 Å². The molecule has 0 amide bonds. The summed E-state index contributed by atoms with van der Waals surface area (Å²) < 4.78 is 0. The predicted octanol–water partition coefficient (Wildman–Crippen LogP) is 3.89. The number of hydrogen-bond donors (Lipinski definition) is 2. The Morgan fingerprint density at radius 1 is 1.24 bits per heavy atom. The van der Waals surface area contributed by atoms with E-state index >= 15 is 0 Å². The zero-order valence-electron chi connectivity index (χ0n) is 11.3. The van der Waals surface area contributed by atoms with Gasteiger partial charge in [-0.05, 0) is 18.9 Å². The summed E-state index contributed by atoms with van der Waals surface area (Å²) in [6, 6.07) is 4.69.